The first-order chi connectivity index (χ1) is 5.59. The molecule has 3 saturated heterocycles. The molecule has 0 radical (unpaired) electrons. The lowest BCUT2D eigenvalue weighted by Crippen LogP contribution is -2.51. The van der Waals surface area contributed by atoms with E-state index in [0.29, 0.717) is 12.1 Å². The fourth-order valence-corrected chi connectivity index (χ4v) is 2.40. The molecule has 2 heteroatoms. The van der Waals surface area contributed by atoms with Gasteiger partial charge in [-0.15, -0.1) is 0 Å². The van der Waals surface area contributed by atoms with E-state index in [9.17, 15) is 0 Å². The van der Waals surface area contributed by atoms with Crippen LogP contribution < -0.4 is 0 Å². The Morgan fingerprint density at radius 2 is 2.17 bits per heavy atom. The lowest BCUT2D eigenvalue weighted by Gasteiger charge is -2.44. The average molecular weight is 169 g/mol. The summed E-state index contributed by atoms with van der Waals surface area (Å²) in [6, 6.07) is 0.671. The van der Waals surface area contributed by atoms with Gasteiger partial charge in [0.25, 0.3) is 0 Å². The van der Waals surface area contributed by atoms with Gasteiger partial charge in [-0.1, -0.05) is 0 Å². The zero-order valence-electron chi connectivity index (χ0n) is 8.34. The van der Waals surface area contributed by atoms with Crippen LogP contribution >= 0.6 is 0 Å². The van der Waals surface area contributed by atoms with Crippen molar-refractivity contribution >= 4 is 0 Å². The van der Waals surface area contributed by atoms with Crippen molar-refractivity contribution in [2.45, 2.75) is 51.4 Å². The number of fused-ring (bicyclic) bond motifs is 3. The molecule has 0 spiro atoms. The number of rotatable bonds is 1. The summed E-state index contributed by atoms with van der Waals surface area (Å²) >= 11 is 0. The van der Waals surface area contributed by atoms with Gasteiger partial charge in [-0.05, 0) is 27.2 Å². The van der Waals surface area contributed by atoms with Crippen molar-refractivity contribution in [3.8, 4) is 0 Å². The van der Waals surface area contributed by atoms with Crippen LogP contribution in [-0.4, -0.2) is 35.7 Å². The molecule has 2 unspecified atom stereocenters. The molecule has 3 aliphatic heterocycles. The first-order valence-electron chi connectivity index (χ1n) is 5.01. The largest absolute Gasteiger partial charge is 0.370 e. The van der Waals surface area contributed by atoms with E-state index in [-0.39, 0.29) is 5.60 Å². The third kappa shape index (κ3) is 1.38. The summed E-state index contributed by atoms with van der Waals surface area (Å²) < 4.78 is 5.83. The molecule has 0 aromatic heterocycles. The van der Waals surface area contributed by atoms with E-state index in [1.807, 2.05) is 0 Å². The van der Waals surface area contributed by atoms with E-state index >= 15 is 0 Å². The second-order valence-corrected chi connectivity index (χ2v) is 4.75. The zero-order valence-corrected chi connectivity index (χ0v) is 8.34. The Kier molecular flexibility index (Phi) is 1.92. The fraction of sp³-hybridized carbons (Fsp3) is 1.00. The molecule has 3 fully saturated rings. The number of ether oxygens (including phenoxy) is 1. The summed E-state index contributed by atoms with van der Waals surface area (Å²) in [4.78, 5) is 2.53. The second kappa shape index (κ2) is 2.71. The highest BCUT2D eigenvalue weighted by Crippen LogP contribution is 2.38. The Hall–Kier alpha value is -0.0800. The summed E-state index contributed by atoms with van der Waals surface area (Å²) in [6.07, 6.45) is 3.07. The van der Waals surface area contributed by atoms with Crippen LogP contribution in [0.4, 0.5) is 0 Å². The maximum absolute atomic E-state index is 5.83. The molecule has 0 aromatic rings. The van der Waals surface area contributed by atoms with Crippen molar-refractivity contribution in [3.63, 3.8) is 0 Å². The van der Waals surface area contributed by atoms with E-state index in [2.05, 4.69) is 25.7 Å². The van der Waals surface area contributed by atoms with Gasteiger partial charge in [-0.25, -0.2) is 0 Å². The molecule has 2 nitrogen and oxygen atoms in total. The van der Waals surface area contributed by atoms with Gasteiger partial charge in [0, 0.05) is 25.6 Å². The van der Waals surface area contributed by atoms with Crippen molar-refractivity contribution in [1.29, 1.82) is 0 Å². The minimum Gasteiger partial charge on any atom is -0.370 e. The van der Waals surface area contributed by atoms with Gasteiger partial charge in [-0.2, -0.15) is 0 Å². The van der Waals surface area contributed by atoms with Crippen molar-refractivity contribution in [2.75, 3.05) is 13.1 Å². The summed E-state index contributed by atoms with van der Waals surface area (Å²) in [5.41, 5.74) is 0.186. The second-order valence-electron chi connectivity index (χ2n) is 4.75. The van der Waals surface area contributed by atoms with E-state index < -0.39 is 0 Å². The monoisotopic (exact) mass is 169 g/mol. The maximum Gasteiger partial charge on any atom is 0.0809 e. The van der Waals surface area contributed by atoms with Crippen LogP contribution in [0.15, 0.2) is 0 Å². The lowest BCUT2D eigenvalue weighted by atomic mass is 9.91. The zero-order chi connectivity index (χ0) is 8.77. The molecule has 2 atom stereocenters. The molecular weight excluding hydrogens is 150 g/mol. The smallest absolute Gasteiger partial charge is 0.0809 e. The molecule has 0 saturated carbocycles. The van der Waals surface area contributed by atoms with Gasteiger partial charge in [0.1, 0.15) is 0 Å². The van der Waals surface area contributed by atoms with Crippen molar-refractivity contribution in [3.05, 3.63) is 0 Å². The maximum atomic E-state index is 5.83. The van der Waals surface area contributed by atoms with Gasteiger partial charge >= 0.3 is 0 Å². The molecule has 12 heavy (non-hydrogen) atoms. The summed E-state index contributed by atoms with van der Waals surface area (Å²) in [5.74, 6) is 0. The van der Waals surface area contributed by atoms with Gasteiger partial charge in [0.15, 0.2) is 0 Å². The molecule has 3 aliphatic rings. The molecule has 0 N–H and O–H groups in total. The number of hydrogen-bond acceptors (Lipinski definition) is 2. The van der Waals surface area contributed by atoms with Crippen LogP contribution in [0, 0.1) is 0 Å². The minimum absolute atomic E-state index is 0.186. The Morgan fingerprint density at radius 3 is 2.75 bits per heavy atom. The first kappa shape index (κ1) is 8.52. The van der Waals surface area contributed by atoms with Crippen LogP contribution in [0.2, 0.25) is 0 Å². The van der Waals surface area contributed by atoms with Crippen LogP contribution in [0.5, 0.6) is 0 Å². The van der Waals surface area contributed by atoms with Crippen molar-refractivity contribution < 1.29 is 4.74 Å². The molecule has 0 aliphatic carbocycles. The van der Waals surface area contributed by atoms with Crippen LogP contribution in [0.25, 0.3) is 0 Å². The highest BCUT2D eigenvalue weighted by molar-refractivity contribution is 4.96. The first-order valence-corrected chi connectivity index (χ1v) is 5.01. The van der Waals surface area contributed by atoms with Crippen LogP contribution in [0.3, 0.4) is 0 Å². The predicted octanol–water partition coefficient (Wildman–Crippen LogP) is 1.65. The Morgan fingerprint density at radius 1 is 1.50 bits per heavy atom. The molecule has 0 aromatic carbocycles. The topological polar surface area (TPSA) is 12.5 Å². The Bertz CT molecular complexity index is 173. The quantitative estimate of drug-likeness (QED) is 0.592. The van der Waals surface area contributed by atoms with E-state index in [0.717, 1.165) is 6.54 Å². The summed E-state index contributed by atoms with van der Waals surface area (Å²) in [7, 11) is 0. The molecule has 2 bridgehead atoms. The highest BCUT2D eigenvalue weighted by Gasteiger charge is 2.45. The summed E-state index contributed by atoms with van der Waals surface area (Å²) in [5, 5.41) is 0. The van der Waals surface area contributed by atoms with E-state index in [1.54, 1.807) is 0 Å². The van der Waals surface area contributed by atoms with E-state index in [1.165, 1.54) is 19.4 Å². The lowest BCUT2D eigenvalue weighted by molar-refractivity contribution is -0.188. The van der Waals surface area contributed by atoms with Gasteiger partial charge < -0.3 is 4.74 Å². The molecule has 70 valence electrons. The van der Waals surface area contributed by atoms with Crippen molar-refractivity contribution in [1.82, 2.24) is 4.90 Å². The average Bonchev–Trinajstić information content (AvgIpc) is 2.15. The SMILES string of the molecule is CC(C)N1CCC2CC(C)(C1)O2. The predicted molar refractivity (Wildman–Crippen MR) is 49.2 cm³/mol. The minimum atomic E-state index is 0.186. The molecular formula is C10H19NO. The Balaban J connectivity index is 2.01. The normalized spacial score (nSPS) is 42.5. The molecule has 0 amide bonds. The number of hydrogen-bond donors (Lipinski definition) is 0. The van der Waals surface area contributed by atoms with Gasteiger partial charge in [0.2, 0.25) is 0 Å². The molecule has 3 rings (SSSR count). The van der Waals surface area contributed by atoms with Gasteiger partial charge in [-0.3, -0.25) is 4.90 Å². The molecule has 3 heterocycles. The van der Waals surface area contributed by atoms with Crippen LogP contribution in [0.1, 0.15) is 33.6 Å². The highest BCUT2D eigenvalue weighted by atomic mass is 16.5. The van der Waals surface area contributed by atoms with E-state index in [4.69, 9.17) is 4.74 Å². The van der Waals surface area contributed by atoms with Crippen LogP contribution in [-0.2, 0) is 4.74 Å². The standard InChI is InChI=1S/C10H19NO/c1-8(2)11-5-4-9-6-10(3,7-11)12-9/h8-9H,4-7H2,1-3H3. The third-order valence-electron chi connectivity index (χ3n) is 3.12. The third-order valence-corrected chi connectivity index (χ3v) is 3.12. The summed E-state index contributed by atoms with van der Waals surface area (Å²) in [6.45, 7) is 9.13. The number of nitrogens with zero attached hydrogens (tertiary/aromatic N) is 1. The Labute approximate surface area is 74.9 Å². The van der Waals surface area contributed by atoms with Crippen molar-refractivity contribution in [2.24, 2.45) is 0 Å². The fourth-order valence-electron chi connectivity index (χ4n) is 2.40. The van der Waals surface area contributed by atoms with Gasteiger partial charge in [0.05, 0.1) is 11.7 Å².